The minimum Gasteiger partial charge on any atom is -0.448 e. The summed E-state index contributed by atoms with van der Waals surface area (Å²) in [5.41, 5.74) is 1.89. The molecule has 4 aromatic rings. The van der Waals surface area contributed by atoms with Gasteiger partial charge in [-0.3, -0.25) is 9.59 Å². The van der Waals surface area contributed by atoms with Crippen molar-refractivity contribution in [2.45, 2.75) is 26.4 Å². The van der Waals surface area contributed by atoms with E-state index in [4.69, 9.17) is 4.74 Å². The van der Waals surface area contributed by atoms with Gasteiger partial charge in [-0.2, -0.15) is 9.78 Å². The van der Waals surface area contributed by atoms with Gasteiger partial charge in [0.15, 0.2) is 11.8 Å². The average Bonchev–Trinajstić information content (AvgIpc) is 2.85. The van der Waals surface area contributed by atoms with Gasteiger partial charge >= 0.3 is 5.97 Å². The summed E-state index contributed by atoms with van der Waals surface area (Å²) in [6, 6.07) is 23.0. The van der Waals surface area contributed by atoms with E-state index in [1.54, 1.807) is 60.7 Å². The van der Waals surface area contributed by atoms with Gasteiger partial charge in [-0.25, -0.2) is 4.79 Å². The zero-order valence-corrected chi connectivity index (χ0v) is 18.3. The summed E-state index contributed by atoms with van der Waals surface area (Å²) in [4.78, 5) is 38.6. The van der Waals surface area contributed by atoms with Crippen LogP contribution in [0.5, 0.6) is 0 Å². The molecule has 0 saturated heterocycles. The fourth-order valence-corrected chi connectivity index (χ4v) is 3.42. The second-order valence-electron chi connectivity index (χ2n) is 7.53. The molecule has 1 aromatic heterocycles. The number of aromatic nitrogens is 2. The molecule has 1 heterocycles. The first-order chi connectivity index (χ1) is 16.0. The zero-order chi connectivity index (χ0) is 23.4. The summed E-state index contributed by atoms with van der Waals surface area (Å²) in [5.74, 6) is -1.26. The third kappa shape index (κ3) is 4.67. The van der Waals surface area contributed by atoms with Gasteiger partial charge in [0, 0.05) is 11.1 Å². The summed E-state index contributed by atoms with van der Waals surface area (Å²) in [5, 5.41) is 7.72. The number of amides is 1. The SMILES string of the molecule is CCc1ccc(NC(=O)C(C)OC(=O)c2nn(-c3ccccc3)c(=O)c3ccccc23)cc1. The molecule has 0 aliphatic carbocycles. The van der Waals surface area contributed by atoms with Crippen LogP contribution in [0.3, 0.4) is 0 Å². The number of nitrogens with zero attached hydrogens (tertiary/aromatic N) is 2. The number of hydrogen-bond acceptors (Lipinski definition) is 5. The van der Waals surface area contributed by atoms with Crippen LogP contribution in [-0.4, -0.2) is 27.8 Å². The highest BCUT2D eigenvalue weighted by atomic mass is 16.5. The highest BCUT2D eigenvalue weighted by Crippen LogP contribution is 2.17. The Bertz CT molecular complexity index is 1360. The number of nitrogens with one attached hydrogen (secondary N) is 1. The topological polar surface area (TPSA) is 90.3 Å². The molecule has 166 valence electrons. The summed E-state index contributed by atoms with van der Waals surface area (Å²) >= 11 is 0. The molecule has 0 spiro atoms. The molecule has 1 N–H and O–H groups in total. The van der Waals surface area contributed by atoms with E-state index in [-0.39, 0.29) is 11.3 Å². The van der Waals surface area contributed by atoms with Crippen LogP contribution < -0.4 is 10.9 Å². The van der Waals surface area contributed by atoms with Crippen molar-refractivity contribution in [3.63, 3.8) is 0 Å². The van der Waals surface area contributed by atoms with Gasteiger partial charge in [-0.15, -0.1) is 0 Å². The minimum atomic E-state index is -1.07. The van der Waals surface area contributed by atoms with Gasteiger partial charge in [0.05, 0.1) is 11.1 Å². The van der Waals surface area contributed by atoms with Gasteiger partial charge in [-0.05, 0) is 49.2 Å². The van der Waals surface area contributed by atoms with E-state index in [0.29, 0.717) is 22.1 Å². The fourth-order valence-electron chi connectivity index (χ4n) is 3.42. The number of carbonyl (C=O) groups is 2. The Morgan fingerprint density at radius 3 is 2.24 bits per heavy atom. The van der Waals surface area contributed by atoms with Crippen molar-refractivity contribution >= 4 is 28.3 Å². The van der Waals surface area contributed by atoms with E-state index < -0.39 is 18.0 Å². The molecule has 0 bridgehead atoms. The highest BCUT2D eigenvalue weighted by molar-refractivity contribution is 6.03. The number of benzene rings is 3. The Hall–Kier alpha value is -4.26. The van der Waals surface area contributed by atoms with Crippen LogP contribution in [0.1, 0.15) is 29.9 Å². The highest BCUT2D eigenvalue weighted by Gasteiger charge is 2.23. The molecule has 7 nitrogen and oxygen atoms in total. The minimum absolute atomic E-state index is 0.0407. The summed E-state index contributed by atoms with van der Waals surface area (Å²) in [6.45, 7) is 3.54. The van der Waals surface area contributed by atoms with Crippen LogP contribution >= 0.6 is 0 Å². The Labute approximate surface area is 190 Å². The summed E-state index contributed by atoms with van der Waals surface area (Å²) < 4.78 is 6.59. The number of carbonyl (C=O) groups excluding carboxylic acids is 2. The first-order valence-electron chi connectivity index (χ1n) is 10.7. The molecule has 0 aliphatic heterocycles. The maximum Gasteiger partial charge on any atom is 0.360 e. The first-order valence-corrected chi connectivity index (χ1v) is 10.7. The van der Waals surface area contributed by atoms with E-state index >= 15 is 0 Å². The molecule has 3 aromatic carbocycles. The summed E-state index contributed by atoms with van der Waals surface area (Å²) in [6.07, 6.45) is -0.171. The van der Waals surface area contributed by atoms with E-state index in [2.05, 4.69) is 10.4 Å². The van der Waals surface area contributed by atoms with Crippen LogP contribution in [0, 0.1) is 0 Å². The third-order valence-electron chi connectivity index (χ3n) is 5.28. The quantitative estimate of drug-likeness (QED) is 0.455. The molecule has 7 heteroatoms. The second kappa shape index (κ2) is 9.48. The number of para-hydroxylation sites is 1. The number of fused-ring (bicyclic) bond motifs is 1. The maximum atomic E-state index is 13.0. The van der Waals surface area contributed by atoms with Crippen molar-refractivity contribution in [1.29, 1.82) is 0 Å². The molecule has 1 unspecified atom stereocenters. The maximum absolute atomic E-state index is 13.0. The van der Waals surface area contributed by atoms with Crippen LogP contribution in [0.2, 0.25) is 0 Å². The number of anilines is 1. The lowest BCUT2D eigenvalue weighted by molar-refractivity contribution is -0.123. The van der Waals surface area contributed by atoms with Crippen molar-refractivity contribution in [3.8, 4) is 5.69 Å². The molecular formula is C26H23N3O4. The van der Waals surface area contributed by atoms with Gasteiger partial charge in [-0.1, -0.05) is 55.5 Å². The van der Waals surface area contributed by atoms with Crippen LogP contribution in [0.4, 0.5) is 5.69 Å². The fraction of sp³-hybridized carbons (Fsp3) is 0.154. The van der Waals surface area contributed by atoms with Crippen LogP contribution in [0.15, 0.2) is 83.7 Å². The number of ether oxygens (including phenoxy) is 1. The molecule has 0 saturated carbocycles. The number of rotatable bonds is 6. The molecule has 0 fully saturated rings. The molecule has 1 amide bonds. The Balaban J connectivity index is 1.61. The van der Waals surface area contributed by atoms with E-state index in [1.807, 2.05) is 25.1 Å². The molecule has 33 heavy (non-hydrogen) atoms. The van der Waals surface area contributed by atoms with E-state index in [0.717, 1.165) is 12.0 Å². The van der Waals surface area contributed by atoms with Crippen molar-refractivity contribution in [2.75, 3.05) is 5.32 Å². The Kier molecular flexibility index (Phi) is 6.31. The average molecular weight is 441 g/mol. The standard InChI is InChI=1S/C26H23N3O4/c1-3-18-13-15-19(16-14-18)27-24(30)17(2)33-26(32)23-21-11-7-8-12-22(21)25(31)29(28-23)20-9-5-4-6-10-20/h4-17H,3H2,1-2H3,(H,27,30). The zero-order valence-electron chi connectivity index (χ0n) is 18.3. The molecule has 4 rings (SSSR count). The summed E-state index contributed by atoms with van der Waals surface area (Å²) in [7, 11) is 0. The number of hydrogen-bond donors (Lipinski definition) is 1. The molecule has 0 aliphatic rings. The van der Waals surface area contributed by atoms with Crippen molar-refractivity contribution < 1.29 is 14.3 Å². The smallest absolute Gasteiger partial charge is 0.360 e. The van der Waals surface area contributed by atoms with Crippen molar-refractivity contribution in [1.82, 2.24) is 9.78 Å². The van der Waals surface area contributed by atoms with Gasteiger partial charge in [0.25, 0.3) is 11.5 Å². The van der Waals surface area contributed by atoms with Gasteiger partial charge in [0.2, 0.25) is 0 Å². The number of aryl methyl sites for hydroxylation is 1. The van der Waals surface area contributed by atoms with Gasteiger partial charge < -0.3 is 10.1 Å². The Morgan fingerprint density at radius 2 is 1.58 bits per heavy atom. The molecule has 0 radical (unpaired) electrons. The monoisotopic (exact) mass is 441 g/mol. The Morgan fingerprint density at radius 1 is 0.939 bits per heavy atom. The van der Waals surface area contributed by atoms with Crippen LogP contribution in [-0.2, 0) is 16.0 Å². The molecular weight excluding hydrogens is 418 g/mol. The lowest BCUT2D eigenvalue weighted by Crippen LogP contribution is -2.31. The van der Waals surface area contributed by atoms with E-state index in [9.17, 15) is 14.4 Å². The lowest BCUT2D eigenvalue weighted by atomic mass is 10.1. The van der Waals surface area contributed by atoms with Crippen molar-refractivity contribution in [3.05, 3.63) is 100 Å². The number of esters is 1. The molecule has 1 atom stereocenters. The predicted octanol–water partition coefficient (Wildman–Crippen LogP) is 4.13. The lowest BCUT2D eigenvalue weighted by Gasteiger charge is -2.15. The van der Waals surface area contributed by atoms with Crippen LogP contribution in [0.25, 0.3) is 16.5 Å². The third-order valence-corrected chi connectivity index (χ3v) is 5.28. The largest absolute Gasteiger partial charge is 0.448 e. The second-order valence-corrected chi connectivity index (χ2v) is 7.53. The normalized spacial score (nSPS) is 11.7. The van der Waals surface area contributed by atoms with E-state index in [1.165, 1.54) is 11.6 Å². The van der Waals surface area contributed by atoms with Crippen molar-refractivity contribution in [2.24, 2.45) is 0 Å². The predicted molar refractivity (Wildman–Crippen MR) is 127 cm³/mol. The first kappa shape index (κ1) is 22.0. The van der Waals surface area contributed by atoms with Gasteiger partial charge in [0.1, 0.15) is 0 Å².